The molecule has 4 N–H and O–H groups in total. The number of hydrogen-bond acceptors (Lipinski definition) is 9. The number of benzene rings is 3. The molecule has 3 aromatic carbocycles. The molecule has 15 heteroatoms. The van der Waals surface area contributed by atoms with Gasteiger partial charge in [-0.25, -0.2) is 14.6 Å². The Labute approximate surface area is 331 Å². The number of nitrogens with two attached hydrogens (primary N) is 1. The molecule has 5 fully saturated rings. The summed E-state index contributed by atoms with van der Waals surface area (Å²) >= 11 is 13.0. The number of anilines is 1. The monoisotopic (exact) mass is 807 g/mol. The van der Waals surface area contributed by atoms with Gasteiger partial charge >= 0.3 is 18.6 Å². The van der Waals surface area contributed by atoms with E-state index in [0.717, 1.165) is 32.2 Å². The zero-order chi connectivity index (χ0) is 39.1. The summed E-state index contributed by atoms with van der Waals surface area (Å²) in [5.41, 5.74) is 6.84. The first kappa shape index (κ1) is 37.9. The number of nitrogens with one attached hydrogen (secondary N) is 2. The lowest BCUT2D eigenvalue weighted by molar-refractivity contribution is -0.377. The molecule has 4 aromatic rings. The molecule has 3 saturated heterocycles. The molecule has 0 spiro atoms. The Kier molecular flexibility index (Phi) is 10.5. The highest BCUT2D eigenvalue weighted by Gasteiger charge is 2.70. The molecule has 292 valence electrons. The number of pyridine rings is 1. The van der Waals surface area contributed by atoms with Crippen LogP contribution in [-0.2, 0) is 20.7 Å². The molecule has 2 aliphatic carbocycles. The standard InChI is InChI=1S/C41H38Cl2F2N4O7/c42-30-18-47-19-31(43)29(30)17-33(24-8-9-32(55-40(44)45)34(15-24)53-20-22-6-7-22)54-38(51)26-12-25(37(46)50)13-28(14-26)48-36(23-4-2-1-3-5-23)39(52)56-41-21-49-11-10-27(41)16-35(41)49/h1-5,8-9,12-15,18-19,22,27,33,35-36,40,48H,6-7,10-11,16-17,20-21H2,(H2,46,50)/p+1/t27?,33-,35?,36?,41+/m0/s1. The number of alkyl halides is 2. The average molecular weight is 809 g/mol. The van der Waals surface area contributed by atoms with E-state index < -0.39 is 42.2 Å². The summed E-state index contributed by atoms with van der Waals surface area (Å²) in [6.07, 6.45) is 5.82. The lowest BCUT2D eigenvalue weighted by Gasteiger charge is -2.72. The Morgan fingerprint density at radius 1 is 0.946 bits per heavy atom. The SMILES string of the molecule is NC(=O)c1cc(NC(C(=O)O[C@]23CN4CCC2CC43)c2ccccc2)cc(C(=O)O[C@@H](Cc2c(Cl)c[nH+]cc2Cl)c2ccc(OC(F)F)c(OCC3CC3)c2)c1. The lowest BCUT2D eigenvalue weighted by atomic mass is 9.54. The molecular weight excluding hydrogens is 769 g/mol. The number of ether oxygens (including phenoxy) is 4. The van der Waals surface area contributed by atoms with Gasteiger partial charge in [0.1, 0.15) is 21.8 Å². The number of nitrogens with zero attached hydrogens (tertiary/aromatic N) is 1. The van der Waals surface area contributed by atoms with Gasteiger partial charge < -0.3 is 30.0 Å². The maximum atomic E-state index is 14.2. The van der Waals surface area contributed by atoms with Gasteiger partial charge in [0, 0.05) is 35.7 Å². The van der Waals surface area contributed by atoms with Crippen LogP contribution in [0.25, 0.3) is 0 Å². The molecule has 11 nitrogen and oxygen atoms in total. The number of rotatable bonds is 16. The fourth-order valence-electron chi connectivity index (χ4n) is 8.00. The fourth-order valence-corrected chi connectivity index (χ4v) is 8.53. The first-order chi connectivity index (χ1) is 27.0. The second kappa shape index (κ2) is 15.5. The van der Waals surface area contributed by atoms with Crippen molar-refractivity contribution in [3.8, 4) is 11.5 Å². The van der Waals surface area contributed by atoms with Gasteiger partial charge in [-0.1, -0.05) is 59.6 Å². The van der Waals surface area contributed by atoms with Crippen LogP contribution in [0.4, 0.5) is 14.5 Å². The largest absolute Gasteiger partial charge is 0.489 e. The van der Waals surface area contributed by atoms with E-state index in [-0.39, 0.29) is 50.8 Å². The predicted octanol–water partition coefficient (Wildman–Crippen LogP) is 6.98. The van der Waals surface area contributed by atoms with Gasteiger partial charge in [-0.05, 0) is 79.6 Å². The van der Waals surface area contributed by atoms with E-state index in [9.17, 15) is 23.2 Å². The number of carbonyl (C=O) groups excluding carboxylic acids is 3. The van der Waals surface area contributed by atoms with Crippen LogP contribution in [0.3, 0.4) is 0 Å². The van der Waals surface area contributed by atoms with E-state index in [1.165, 1.54) is 48.8 Å². The molecule has 4 unspecified atom stereocenters. The molecule has 1 amide bonds. The Balaban J connectivity index is 1.10. The number of aromatic nitrogens is 1. The van der Waals surface area contributed by atoms with Crippen LogP contribution in [0, 0.1) is 11.8 Å². The molecule has 6 atom stereocenters. The second-order valence-electron chi connectivity index (χ2n) is 14.8. The number of H-pyrrole nitrogens is 1. The summed E-state index contributed by atoms with van der Waals surface area (Å²) in [5, 5.41) is 3.73. The van der Waals surface area contributed by atoms with Crippen molar-refractivity contribution in [1.82, 2.24) is 4.90 Å². The number of piperidine rings is 4. The molecule has 0 radical (unpaired) electrons. The van der Waals surface area contributed by atoms with Gasteiger partial charge in [0.05, 0.1) is 18.2 Å². The Morgan fingerprint density at radius 2 is 1.70 bits per heavy atom. The number of halogens is 4. The van der Waals surface area contributed by atoms with Crippen LogP contribution in [-0.4, -0.2) is 60.7 Å². The van der Waals surface area contributed by atoms with Gasteiger partial charge in [0.2, 0.25) is 5.91 Å². The number of esters is 2. The normalized spacial score (nSPS) is 22.8. The minimum atomic E-state index is -3.10. The van der Waals surface area contributed by atoms with Crippen molar-refractivity contribution in [3.05, 3.63) is 117 Å². The highest BCUT2D eigenvalue weighted by atomic mass is 35.5. The predicted molar refractivity (Wildman–Crippen MR) is 201 cm³/mol. The number of primary amides is 1. The lowest BCUT2D eigenvalue weighted by Crippen LogP contribution is -2.85. The van der Waals surface area contributed by atoms with E-state index in [1.54, 1.807) is 24.3 Å². The molecule has 5 aliphatic rings. The molecule has 3 aliphatic heterocycles. The maximum Gasteiger partial charge on any atom is 0.387 e. The Morgan fingerprint density at radius 3 is 2.34 bits per heavy atom. The topological polar surface area (TPSA) is 144 Å². The Hall–Kier alpha value is -4.98. The molecule has 4 bridgehead atoms. The van der Waals surface area contributed by atoms with Crippen LogP contribution in [0.2, 0.25) is 10.0 Å². The van der Waals surface area contributed by atoms with Crippen LogP contribution >= 0.6 is 23.2 Å². The smallest absolute Gasteiger partial charge is 0.387 e. The van der Waals surface area contributed by atoms with Crippen molar-refractivity contribution in [2.24, 2.45) is 17.6 Å². The number of carbonyl (C=O) groups is 3. The minimum Gasteiger partial charge on any atom is -0.489 e. The van der Waals surface area contributed by atoms with Crippen LogP contribution in [0.15, 0.2) is 79.1 Å². The van der Waals surface area contributed by atoms with Gasteiger partial charge in [0.15, 0.2) is 29.9 Å². The summed E-state index contributed by atoms with van der Waals surface area (Å²) in [7, 11) is 0. The third kappa shape index (κ3) is 7.72. The van der Waals surface area contributed by atoms with E-state index >= 15 is 0 Å². The third-order valence-corrected chi connectivity index (χ3v) is 11.9. The summed E-state index contributed by atoms with van der Waals surface area (Å²) in [6.45, 7) is -1.09. The van der Waals surface area contributed by atoms with Crippen LogP contribution < -0.4 is 25.5 Å². The van der Waals surface area contributed by atoms with Crippen LogP contribution in [0.1, 0.15) is 75.2 Å². The third-order valence-electron chi connectivity index (χ3n) is 11.2. The van der Waals surface area contributed by atoms with Crippen molar-refractivity contribution in [3.63, 3.8) is 0 Å². The van der Waals surface area contributed by atoms with E-state index in [0.29, 0.717) is 41.7 Å². The highest BCUT2D eigenvalue weighted by molar-refractivity contribution is 6.35. The van der Waals surface area contributed by atoms with Gasteiger partial charge in [-0.3, -0.25) is 9.69 Å². The molecular formula is C41H39Cl2F2N4O7+. The summed E-state index contributed by atoms with van der Waals surface area (Å²) in [5.74, 6) is -1.67. The van der Waals surface area contributed by atoms with Gasteiger partial charge in [0.25, 0.3) is 0 Å². The number of amides is 1. The van der Waals surface area contributed by atoms with Crippen molar-refractivity contribution in [2.75, 3.05) is 25.0 Å². The minimum absolute atomic E-state index is 0.0191. The first-order valence-corrected chi connectivity index (χ1v) is 19.2. The molecule has 56 heavy (non-hydrogen) atoms. The molecule has 2 saturated carbocycles. The van der Waals surface area contributed by atoms with Crippen molar-refractivity contribution < 1.29 is 47.1 Å². The summed E-state index contributed by atoms with van der Waals surface area (Å²) in [4.78, 5) is 46.0. The molecule has 4 heterocycles. The average Bonchev–Trinajstić information content (AvgIpc) is 4.02. The van der Waals surface area contributed by atoms with Crippen molar-refractivity contribution in [2.45, 2.75) is 62.5 Å². The van der Waals surface area contributed by atoms with Gasteiger partial charge in [-0.15, -0.1) is 0 Å². The summed E-state index contributed by atoms with van der Waals surface area (Å²) in [6, 6.07) is 16.8. The van der Waals surface area contributed by atoms with Crippen molar-refractivity contribution >= 4 is 46.7 Å². The summed E-state index contributed by atoms with van der Waals surface area (Å²) < 4.78 is 49.7. The van der Waals surface area contributed by atoms with E-state index in [4.69, 9.17) is 47.9 Å². The van der Waals surface area contributed by atoms with E-state index in [1.807, 2.05) is 6.07 Å². The van der Waals surface area contributed by atoms with E-state index in [2.05, 4.69) is 15.2 Å². The fraction of sp³-hybridized carbons (Fsp3) is 0.366. The number of hydrogen-bond donors (Lipinski definition) is 2. The van der Waals surface area contributed by atoms with Gasteiger partial charge in [-0.2, -0.15) is 8.78 Å². The zero-order valence-corrected chi connectivity index (χ0v) is 31.5. The number of aromatic amines is 1. The second-order valence-corrected chi connectivity index (χ2v) is 15.6. The molecule has 1 aromatic heterocycles. The molecule has 9 rings (SSSR count). The quantitative estimate of drug-likeness (QED) is 0.115. The highest BCUT2D eigenvalue weighted by Crippen LogP contribution is 2.58. The zero-order valence-electron chi connectivity index (χ0n) is 30.0. The Bertz CT molecular complexity index is 2130. The van der Waals surface area contributed by atoms with Crippen molar-refractivity contribution in [1.29, 1.82) is 0 Å². The number of fused-ring (bicyclic) bond motifs is 1. The van der Waals surface area contributed by atoms with Crippen LogP contribution in [0.5, 0.6) is 11.5 Å². The first-order valence-electron chi connectivity index (χ1n) is 18.5. The maximum absolute atomic E-state index is 14.2.